The van der Waals surface area contributed by atoms with Crippen LogP contribution in [0, 0.1) is 5.92 Å². The number of aryl methyl sites for hydroxylation is 1. The zero-order valence-electron chi connectivity index (χ0n) is 15.0. The van der Waals surface area contributed by atoms with E-state index in [0.717, 1.165) is 69.9 Å². The largest absolute Gasteiger partial charge is 0.347 e. The number of likely N-dealkylation sites (tertiary alicyclic amines) is 1. The van der Waals surface area contributed by atoms with E-state index in [9.17, 15) is 9.59 Å². The smallest absolute Gasteiger partial charge is 0.243 e. The van der Waals surface area contributed by atoms with E-state index in [0.29, 0.717) is 0 Å². The van der Waals surface area contributed by atoms with E-state index in [-0.39, 0.29) is 29.8 Å². The Balaban J connectivity index is 1.44. The van der Waals surface area contributed by atoms with Crippen molar-refractivity contribution in [2.45, 2.75) is 69.9 Å². The van der Waals surface area contributed by atoms with Crippen molar-refractivity contribution in [1.82, 2.24) is 20.0 Å². The Labute approximate surface area is 148 Å². The van der Waals surface area contributed by atoms with Crippen LogP contribution in [0.15, 0.2) is 6.20 Å². The van der Waals surface area contributed by atoms with Gasteiger partial charge in [0.2, 0.25) is 11.8 Å². The molecular weight excluding hydrogens is 316 g/mol. The summed E-state index contributed by atoms with van der Waals surface area (Å²) in [5, 5.41) is 7.57. The van der Waals surface area contributed by atoms with Crippen molar-refractivity contribution >= 4 is 11.8 Å². The molecule has 6 nitrogen and oxygen atoms in total. The van der Waals surface area contributed by atoms with E-state index in [1.165, 1.54) is 5.69 Å². The second-order valence-corrected chi connectivity index (χ2v) is 7.79. The Bertz CT molecular complexity index is 662. The maximum atomic E-state index is 12.9. The topological polar surface area (TPSA) is 67.2 Å². The molecule has 2 amide bonds. The number of nitrogens with one attached hydrogen (secondary N) is 1. The molecule has 0 unspecified atom stereocenters. The molecule has 1 saturated heterocycles. The lowest BCUT2D eigenvalue weighted by Gasteiger charge is -2.29. The van der Waals surface area contributed by atoms with Gasteiger partial charge < -0.3 is 10.2 Å². The Kier molecular flexibility index (Phi) is 4.52. The van der Waals surface area contributed by atoms with Crippen molar-refractivity contribution in [2.24, 2.45) is 13.0 Å². The van der Waals surface area contributed by atoms with Crippen molar-refractivity contribution in [3.63, 3.8) is 0 Å². The number of carbonyl (C=O) groups is 2. The fourth-order valence-electron chi connectivity index (χ4n) is 4.83. The van der Waals surface area contributed by atoms with Gasteiger partial charge in [-0.2, -0.15) is 5.10 Å². The van der Waals surface area contributed by atoms with Crippen molar-refractivity contribution in [3.05, 3.63) is 17.5 Å². The van der Waals surface area contributed by atoms with Crippen LogP contribution in [-0.2, 0) is 23.1 Å². The molecule has 1 aromatic rings. The van der Waals surface area contributed by atoms with Crippen LogP contribution >= 0.6 is 0 Å². The van der Waals surface area contributed by atoms with E-state index in [1.807, 2.05) is 22.8 Å². The predicted octanol–water partition coefficient (Wildman–Crippen LogP) is 2.09. The fourth-order valence-corrected chi connectivity index (χ4v) is 4.83. The highest BCUT2D eigenvalue weighted by Crippen LogP contribution is 2.32. The van der Waals surface area contributed by atoms with Crippen molar-refractivity contribution in [3.8, 4) is 0 Å². The molecule has 1 N–H and O–H groups in total. The van der Waals surface area contributed by atoms with Gasteiger partial charge in [0.15, 0.2) is 0 Å². The molecule has 1 aromatic heterocycles. The van der Waals surface area contributed by atoms with Gasteiger partial charge in [0, 0.05) is 30.8 Å². The lowest BCUT2D eigenvalue weighted by molar-refractivity contribution is -0.141. The third-order valence-electron chi connectivity index (χ3n) is 6.24. The quantitative estimate of drug-likeness (QED) is 0.913. The number of hydrogen-bond acceptors (Lipinski definition) is 3. The summed E-state index contributed by atoms with van der Waals surface area (Å²) in [5.41, 5.74) is 2.37. The molecule has 2 heterocycles. The number of aromatic nitrogens is 2. The predicted molar refractivity (Wildman–Crippen MR) is 93.7 cm³/mol. The lowest BCUT2D eigenvalue weighted by Crippen LogP contribution is -2.48. The summed E-state index contributed by atoms with van der Waals surface area (Å²) >= 11 is 0. The van der Waals surface area contributed by atoms with Crippen LogP contribution in [-0.4, -0.2) is 39.1 Å². The molecule has 0 spiro atoms. The summed E-state index contributed by atoms with van der Waals surface area (Å²) in [5.74, 6) is 0.374. The first-order chi connectivity index (χ1) is 12.1. The van der Waals surface area contributed by atoms with Gasteiger partial charge in [0.25, 0.3) is 0 Å². The third kappa shape index (κ3) is 3.07. The first-order valence-electron chi connectivity index (χ1n) is 9.77. The van der Waals surface area contributed by atoms with Gasteiger partial charge in [0.05, 0.1) is 12.2 Å². The molecule has 25 heavy (non-hydrogen) atoms. The molecule has 2 aliphatic carbocycles. The summed E-state index contributed by atoms with van der Waals surface area (Å²) in [6, 6.07) is -0.246. The monoisotopic (exact) mass is 344 g/mol. The molecule has 4 rings (SSSR count). The van der Waals surface area contributed by atoms with Gasteiger partial charge in [-0.3, -0.25) is 14.3 Å². The first-order valence-corrected chi connectivity index (χ1v) is 9.77. The van der Waals surface area contributed by atoms with Crippen LogP contribution in [0.3, 0.4) is 0 Å². The Hall–Kier alpha value is -1.85. The van der Waals surface area contributed by atoms with Crippen LogP contribution in [0.1, 0.15) is 68.7 Å². The summed E-state index contributed by atoms with van der Waals surface area (Å²) < 4.78 is 1.92. The minimum atomic E-state index is -0.282. The maximum absolute atomic E-state index is 12.9. The van der Waals surface area contributed by atoms with E-state index < -0.39 is 0 Å². The number of carbonyl (C=O) groups excluding carboxylic acids is 2. The standard InChI is InChI=1S/C19H28N4O2/c1-22-16-9-4-8-15(14(16)12-20-22)21-18(24)17-10-5-11-23(17)19(25)13-6-2-3-7-13/h12-13,15,17H,2-11H2,1H3,(H,21,24)/t15-,17+/m1/s1. The first kappa shape index (κ1) is 16.6. The zero-order valence-corrected chi connectivity index (χ0v) is 15.0. The van der Waals surface area contributed by atoms with E-state index in [2.05, 4.69) is 10.4 Å². The second-order valence-electron chi connectivity index (χ2n) is 7.79. The molecule has 0 radical (unpaired) electrons. The molecule has 1 saturated carbocycles. The molecule has 2 atom stereocenters. The fraction of sp³-hybridized carbons (Fsp3) is 0.737. The van der Waals surface area contributed by atoms with Crippen molar-refractivity contribution in [1.29, 1.82) is 0 Å². The normalized spacial score (nSPS) is 26.7. The molecule has 0 bridgehead atoms. The van der Waals surface area contributed by atoms with Gasteiger partial charge >= 0.3 is 0 Å². The minimum Gasteiger partial charge on any atom is -0.347 e. The summed E-state index contributed by atoms with van der Waals surface area (Å²) in [7, 11) is 1.96. The third-order valence-corrected chi connectivity index (χ3v) is 6.24. The molecule has 6 heteroatoms. The summed E-state index contributed by atoms with van der Waals surface area (Å²) in [6.07, 6.45) is 10.9. The summed E-state index contributed by atoms with van der Waals surface area (Å²) in [4.78, 5) is 27.6. The van der Waals surface area contributed by atoms with E-state index >= 15 is 0 Å². The minimum absolute atomic E-state index is 0.0190. The van der Waals surface area contributed by atoms with Gasteiger partial charge in [0.1, 0.15) is 6.04 Å². The number of rotatable bonds is 3. The Morgan fingerprint density at radius 1 is 1.12 bits per heavy atom. The lowest BCUT2D eigenvalue weighted by atomic mass is 9.92. The molecule has 1 aliphatic heterocycles. The van der Waals surface area contributed by atoms with Gasteiger partial charge in [-0.25, -0.2) is 0 Å². The highest BCUT2D eigenvalue weighted by Gasteiger charge is 2.38. The molecule has 136 valence electrons. The highest BCUT2D eigenvalue weighted by atomic mass is 16.2. The average Bonchev–Trinajstić information content (AvgIpc) is 3.36. The van der Waals surface area contributed by atoms with Crippen LogP contribution < -0.4 is 5.32 Å². The van der Waals surface area contributed by atoms with Gasteiger partial charge in [-0.15, -0.1) is 0 Å². The van der Waals surface area contributed by atoms with E-state index in [4.69, 9.17) is 0 Å². The van der Waals surface area contributed by atoms with Crippen LogP contribution in [0.2, 0.25) is 0 Å². The number of fused-ring (bicyclic) bond motifs is 1. The average molecular weight is 344 g/mol. The van der Waals surface area contributed by atoms with Crippen LogP contribution in [0.5, 0.6) is 0 Å². The Morgan fingerprint density at radius 2 is 1.92 bits per heavy atom. The van der Waals surface area contributed by atoms with Gasteiger partial charge in [-0.1, -0.05) is 12.8 Å². The number of amides is 2. The zero-order chi connectivity index (χ0) is 17.4. The second kappa shape index (κ2) is 6.81. The molecule has 2 fully saturated rings. The molecular formula is C19H28N4O2. The summed E-state index contributed by atoms with van der Waals surface area (Å²) in [6.45, 7) is 0.732. The van der Waals surface area contributed by atoms with Crippen LogP contribution in [0.25, 0.3) is 0 Å². The van der Waals surface area contributed by atoms with Crippen molar-refractivity contribution < 1.29 is 9.59 Å². The number of hydrogen-bond donors (Lipinski definition) is 1. The maximum Gasteiger partial charge on any atom is 0.243 e. The van der Waals surface area contributed by atoms with Gasteiger partial charge in [-0.05, 0) is 44.9 Å². The molecule has 3 aliphatic rings. The van der Waals surface area contributed by atoms with Crippen LogP contribution in [0.4, 0.5) is 0 Å². The van der Waals surface area contributed by atoms with Crippen molar-refractivity contribution in [2.75, 3.05) is 6.54 Å². The number of nitrogens with zero attached hydrogens (tertiary/aromatic N) is 3. The Morgan fingerprint density at radius 3 is 2.72 bits per heavy atom. The SMILES string of the molecule is Cn1ncc2c1CCC[C@H]2NC(=O)[C@@H]1CCCN1C(=O)C1CCCC1. The molecule has 0 aromatic carbocycles. The van der Waals surface area contributed by atoms with E-state index in [1.54, 1.807) is 0 Å². The highest BCUT2D eigenvalue weighted by molar-refractivity contribution is 5.89.